The lowest BCUT2D eigenvalue weighted by molar-refractivity contribution is -0.147. The molecule has 0 aliphatic heterocycles. The molecule has 6 nitrogen and oxygen atoms in total. The highest BCUT2D eigenvalue weighted by atomic mass is 16.5. The van der Waals surface area contributed by atoms with E-state index in [1.807, 2.05) is 24.3 Å². The first-order chi connectivity index (χ1) is 13.5. The quantitative estimate of drug-likeness (QED) is 0.491. The average Bonchev–Trinajstić information content (AvgIpc) is 2.70. The van der Waals surface area contributed by atoms with Crippen LogP contribution in [-0.2, 0) is 14.3 Å². The zero-order valence-corrected chi connectivity index (χ0v) is 16.6. The number of rotatable bonds is 10. The van der Waals surface area contributed by atoms with Gasteiger partial charge in [0.2, 0.25) is 0 Å². The van der Waals surface area contributed by atoms with E-state index in [-0.39, 0.29) is 18.9 Å². The first-order valence-corrected chi connectivity index (χ1v) is 9.30. The third-order valence-electron chi connectivity index (χ3n) is 4.08. The zero-order valence-electron chi connectivity index (χ0n) is 16.6. The SMILES string of the molecule is COc1ccc(OCCCC(=O)OCC(=O)Nc2ccc(C(C)C)cc2)cc1. The number of hydrogen-bond acceptors (Lipinski definition) is 5. The van der Waals surface area contributed by atoms with Crippen molar-refractivity contribution in [3.8, 4) is 11.5 Å². The van der Waals surface area contributed by atoms with E-state index in [4.69, 9.17) is 14.2 Å². The van der Waals surface area contributed by atoms with E-state index in [1.54, 1.807) is 31.4 Å². The Kier molecular flexibility index (Phi) is 8.34. The number of anilines is 1. The Hall–Kier alpha value is -3.02. The van der Waals surface area contributed by atoms with Crippen molar-refractivity contribution in [2.75, 3.05) is 25.6 Å². The Morgan fingerprint density at radius 2 is 1.61 bits per heavy atom. The molecular formula is C22H27NO5. The highest BCUT2D eigenvalue weighted by Crippen LogP contribution is 2.18. The molecule has 28 heavy (non-hydrogen) atoms. The number of benzene rings is 2. The molecule has 0 spiro atoms. The second-order valence-corrected chi connectivity index (χ2v) is 6.61. The van der Waals surface area contributed by atoms with E-state index in [0.717, 1.165) is 5.75 Å². The van der Waals surface area contributed by atoms with Gasteiger partial charge in [0.1, 0.15) is 11.5 Å². The van der Waals surface area contributed by atoms with Crippen LogP contribution in [0.4, 0.5) is 5.69 Å². The highest BCUT2D eigenvalue weighted by molar-refractivity contribution is 5.92. The maximum absolute atomic E-state index is 11.9. The van der Waals surface area contributed by atoms with Gasteiger partial charge in [0.15, 0.2) is 6.61 Å². The molecule has 2 rings (SSSR count). The Morgan fingerprint density at radius 1 is 0.964 bits per heavy atom. The summed E-state index contributed by atoms with van der Waals surface area (Å²) in [6.45, 7) is 4.30. The van der Waals surface area contributed by atoms with Crippen molar-refractivity contribution in [3.63, 3.8) is 0 Å². The monoisotopic (exact) mass is 385 g/mol. The first-order valence-electron chi connectivity index (χ1n) is 9.30. The summed E-state index contributed by atoms with van der Waals surface area (Å²) in [6, 6.07) is 14.8. The summed E-state index contributed by atoms with van der Waals surface area (Å²) in [5.74, 6) is 1.10. The van der Waals surface area contributed by atoms with Crippen molar-refractivity contribution in [1.29, 1.82) is 0 Å². The van der Waals surface area contributed by atoms with Gasteiger partial charge in [0.05, 0.1) is 13.7 Å². The number of esters is 1. The number of amides is 1. The number of ether oxygens (including phenoxy) is 3. The van der Waals surface area contributed by atoms with Crippen molar-refractivity contribution in [1.82, 2.24) is 0 Å². The minimum atomic E-state index is -0.427. The van der Waals surface area contributed by atoms with Crippen LogP contribution in [0.2, 0.25) is 0 Å². The van der Waals surface area contributed by atoms with Crippen LogP contribution in [0.3, 0.4) is 0 Å². The predicted octanol–water partition coefficient (Wildman–Crippen LogP) is 4.16. The van der Waals surface area contributed by atoms with Crippen LogP contribution >= 0.6 is 0 Å². The van der Waals surface area contributed by atoms with E-state index in [0.29, 0.717) is 30.4 Å². The standard InChI is InChI=1S/C22H27NO5/c1-16(2)17-6-8-18(9-7-17)23-21(24)15-28-22(25)5-4-14-27-20-12-10-19(26-3)11-13-20/h6-13,16H,4-5,14-15H2,1-3H3,(H,23,24). The molecule has 0 fully saturated rings. The molecule has 0 aromatic heterocycles. The summed E-state index contributed by atoms with van der Waals surface area (Å²) in [5.41, 5.74) is 1.87. The topological polar surface area (TPSA) is 73.9 Å². The third kappa shape index (κ3) is 7.31. The van der Waals surface area contributed by atoms with Gasteiger partial charge in [-0.2, -0.15) is 0 Å². The fraction of sp³-hybridized carbons (Fsp3) is 0.364. The van der Waals surface area contributed by atoms with Crippen LogP contribution in [0.5, 0.6) is 11.5 Å². The molecule has 0 atom stereocenters. The molecule has 0 heterocycles. The summed E-state index contributed by atoms with van der Waals surface area (Å²) in [7, 11) is 1.60. The van der Waals surface area contributed by atoms with Gasteiger partial charge in [-0.25, -0.2) is 0 Å². The second-order valence-electron chi connectivity index (χ2n) is 6.61. The van der Waals surface area contributed by atoms with Gasteiger partial charge in [0, 0.05) is 12.1 Å². The van der Waals surface area contributed by atoms with Crippen molar-refractivity contribution >= 4 is 17.6 Å². The van der Waals surface area contributed by atoms with Gasteiger partial charge >= 0.3 is 5.97 Å². The summed E-state index contributed by atoms with van der Waals surface area (Å²) < 4.78 is 15.6. The molecule has 0 saturated carbocycles. The maximum Gasteiger partial charge on any atom is 0.306 e. The zero-order chi connectivity index (χ0) is 20.4. The van der Waals surface area contributed by atoms with Crippen LogP contribution in [0.25, 0.3) is 0 Å². The Bertz CT molecular complexity index is 754. The van der Waals surface area contributed by atoms with Crippen molar-refractivity contribution in [2.24, 2.45) is 0 Å². The lowest BCUT2D eigenvalue weighted by Crippen LogP contribution is -2.21. The number of carbonyl (C=O) groups excluding carboxylic acids is 2. The van der Waals surface area contributed by atoms with Crippen molar-refractivity contribution in [3.05, 3.63) is 54.1 Å². The first kappa shape index (κ1) is 21.3. The van der Waals surface area contributed by atoms with E-state index in [2.05, 4.69) is 19.2 Å². The molecule has 6 heteroatoms. The summed E-state index contributed by atoms with van der Waals surface area (Å²) in [5, 5.41) is 2.71. The molecule has 0 aliphatic carbocycles. The maximum atomic E-state index is 11.9. The smallest absolute Gasteiger partial charge is 0.306 e. The van der Waals surface area contributed by atoms with Gasteiger partial charge in [-0.1, -0.05) is 26.0 Å². The number of methoxy groups -OCH3 is 1. The normalized spacial score (nSPS) is 10.4. The lowest BCUT2D eigenvalue weighted by Gasteiger charge is -2.09. The Labute approximate surface area is 165 Å². The van der Waals surface area contributed by atoms with Crippen LogP contribution in [-0.4, -0.2) is 32.2 Å². The van der Waals surface area contributed by atoms with E-state index < -0.39 is 5.97 Å². The van der Waals surface area contributed by atoms with Crippen LogP contribution in [0.1, 0.15) is 38.2 Å². The van der Waals surface area contributed by atoms with Gasteiger partial charge in [-0.05, 0) is 54.3 Å². The molecule has 2 aromatic rings. The van der Waals surface area contributed by atoms with Crippen molar-refractivity contribution < 1.29 is 23.8 Å². The minimum absolute atomic E-state index is 0.187. The van der Waals surface area contributed by atoms with E-state index in [1.165, 1.54) is 5.56 Å². The molecule has 2 aromatic carbocycles. The largest absolute Gasteiger partial charge is 0.497 e. The molecule has 0 bridgehead atoms. The van der Waals surface area contributed by atoms with Crippen LogP contribution in [0.15, 0.2) is 48.5 Å². The number of carbonyl (C=O) groups is 2. The fourth-order valence-corrected chi connectivity index (χ4v) is 2.45. The van der Waals surface area contributed by atoms with E-state index >= 15 is 0 Å². The molecule has 150 valence electrons. The van der Waals surface area contributed by atoms with Gasteiger partial charge < -0.3 is 19.5 Å². The van der Waals surface area contributed by atoms with E-state index in [9.17, 15) is 9.59 Å². The Balaban J connectivity index is 1.61. The molecule has 0 radical (unpaired) electrons. The summed E-state index contributed by atoms with van der Waals surface area (Å²) in [6.07, 6.45) is 0.690. The molecule has 1 N–H and O–H groups in total. The Morgan fingerprint density at radius 3 is 2.21 bits per heavy atom. The molecule has 0 aliphatic rings. The molecular weight excluding hydrogens is 358 g/mol. The van der Waals surface area contributed by atoms with Crippen LogP contribution < -0.4 is 14.8 Å². The fourth-order valence-electron chi connectivity index (χ4n) is 2.45. The second kappa shape index (κ2) is 11.0. The molecule has 0 saturated heterocycles. The molecule has 1 amide bonds. The molecule has 0 unspecified atom stereocenters. The van der Waals surface area contributed by atoms with Crippen molar-refractivity contribution in [2.45, 2.75) is 32.6 Å². The van der Waals surface area contributed by atoms with Gasteiger partial charge in [-0.3, -0.25) is 9.59 Å². The lowest BCUT2D eigenvalue weighted by atomic mass is 10.0. The third-order valence-corrected chi connectivity index (χ3v) is 4.08. The average molecular weight is 385 g/mol. The number of nitrogens with one attached hydrogen (secondary N) is 1. The predicted molar refractivity (Wildman–Crippen MR) is 108 cm³/mol. The number of hydrogen-bond donors (Lipinski definition) is 1. The van der Waals surface area contributed by atoms with Gasteiger partial charge in [0.25, 0.3) is 5.91 Å². The minimum Gasteiger partial charge on any atom is -0.497 e. The highest BCUT2D eigenvalue weighted by Gasteiger charge is 2.08. The summed E-state index contributed by atoms with van der Waals surface area (Å²) >= 11 is 0. The van der Waals surface area contributed by atoms with Gasteiger partial charge in [-0.15, -0.1) is 0 Å². The summed E-state index contributed by atoms with van der Waals surface area (Å²) in [4.78, 5) is 23.6. The van der Waals surface area contributed by atoms with Crippen LogP contribution in [0, 0.1) is 0 Å².